The molecule has 138 valence electrons. The lowest BCUT2D eigenvalue weighted by molar-refractivity contribution is -0.142. The van der Waals surface area contributed by atoms with Crippen molar-refractivity contribution < 1.29 is 14.3 Å². The molecule has 3 nitrogen and oxygen atoms in total. The fraction of sp³-hybridized carbons (Fsp3) is 0.391. The summed E-state index contributed by atoms with van der Waals surface area (Å²) >= 11 is 0. The number of ether oxygens (including phenoxy) is 1. The number of benzene rings is 2. The lowest BCUT2D eigenvalue weighted by Gasteiger charge is -2.06. The summed E-state index contributed by atoms with van der Waals surface area (Å²) in [6.45, 7) is 4.12. The van der Waals surface area contributed by atoms with Crippen molar-refractivity contribution >= 4 is 22.5 Å². The molecule has 0 bridgehead atoms. The van der Waals surface area contributed by atoms with Crippen LogP contribution in [0.2, 0.25) is 0 Å². The fourth-order valence-electron chi connectivity index (χ4n) is 2.93. The van der Waals surface area contributed by atoms with E-state index < -0.39 is 5.97 Å². The van der Waals surface area contributed by atoms with Gasteiger partial charge in [-0.15, -0.1) is 6.58 Å². The maximum Gasteiger partial charge on any atom is 0.313 e. The average molecular weight is 352 g/mol. The van der Waals surface area contributed by atoms with E-state index in [0.717, 1.165) is 36.5 Å². The first-order valence-corrected chi connectivity index (χ1v) is 9.49. The van der Waals surface area contributed by atoms with Crippen LogP contribution in [0.3, 0.4) is 0 Å². The van der Waals surface area contributed by atoms with Crippen LogP contribution in [0.5, 0.6) is 0 Å². The van der Waals surface area contributed by atoms with E-state index in [2.05, 4.69) is 6.58 Å². The van der Waals surface area contributed by atoms with E-state index in [9.17, 15) is 9.59 Å². The standard InChI is InChI=1S/C23H28O3/c1-2-3-4-5-6-7-8-11-16-26-23(25)18-22(24)21-15-14-19-12-9-10-13-20(19)17-21/h2,9-10,12-15,17H,1,3-8,11,16,18H2. The van der Waals surface area contributed by atoms with Gasteiger partial charge in [0.2, 0.25) is 0 Å². The molecule has 0 unspecified atom stereocenters. The topological polar surface area (TPSA) is 43.4 Å². The van der Waals surface area contributed by atoms with Gasteiger partial charge in [0.25, 0.3) is 0 Å². The number of allylic oxidation sites excluding steroid dienone is 1. The van der Waals surface area contributed by atoms with Gasteiger partial charge in [0.15, 0.2) is 5.78 Å². The largest absolute Gasteiger partial charge is 0.465 e. The smallest absolute Gasteiger partial charge is 0.313 e. The molecule has 0 aliphatic rings. The molecule has 0 fully saturated rings. The van der Waals surface area contributed by atoms with Crippen LogP contribution in [0.25, 0.3) is 10.8 Å². The molecule has 0 aliphatic heterocycles. The second-order valence-corrected chi connectivity index (χ2v) is 6.58. The first kappa shape index (κ1) is 19.9. The molecule has 0 aliphatic carbocycles. The maximum atomic E-state index is 12.3. The predicted molar refractivity (Wildman–Crippen MR) is 106 cm³/mol. The molecule has 0 amide bonds. The Morgan fingerprint density at radius 2 is 1.58 bits per heavy atom. The molecule has 26 heavy (non-hydrogen) atoms. The van der Waals surface area contributed by atoms with Gasteiger partial charge in [0, 0.05) is 5.56 Å². The van der Waals surface area contributed by atoms with E-state index in [1.807, 2.05) is 42.5 Å². The summed E-state index contributed by atoms with van der Waals surface area (Å²) in [6.07, 6.45) is 9.56. The van der Waals surface area contributed by atoms with Crippen molar-refractivity contribution in [3.63, 3.8) is 0 Å². The van der Waals surface area contributed by atoms with Crippen LogP contribution in [0, 0.1) is 0 Å². The molecule has 0 aromatic heterocycles. The number of Topliss-reactive ketones (excluding diaryl/α,β-unsaturated/α-hetero) is 1. The molecule has 0 saturated heterocycles. The van der Waals surface area contributed by atoms with E-state index in [1.165, 1.54) is 19.3 Å². The summed E-state index contributed by atoms with van der Waals surface area (Å²) in [5.41, 5.74) is 0.556. The molecule has 0 heterocycles. The second-order valence-electron chi connectivity index (χ2n) is 6.58. The number of unbranched alkanes of at least 4 members (excludes halogenated alkanes) is 6. The molecule has 0 N–H and O–H groups in total. The zero-order chi connectivity index (χ0) is 18.6. The number of fused-ring (bicyclic) bond motifs is 1. The monoisotopic (exact) mass is 352 g/mol. The number of carbonyl (C=O) groups excluding carboxylic acids is 2. The van der Waals surface area contributed by atoms with E-state index >= 15 is 0 Å². The number of ketones is 1. The van der Waals surface area contributed by atoms with Crippen LogP contribution in [0.15, 0.2) is 55.1 Å². The third kappa shape index (κ3) is 6.83. The number of rotatable bonds is 12. The summed E-state index contributed by atoms with van der Waals surface area (Å²) in [5.74, 6) is -0.628. The molecule has 2 aromatic rings. The van der Waals surface area contributed by atoms with Crippen molar-refractivity contribution in [2.45, 2.75) is 51.4 Å². The Kier molecular flexibility index (Phi) is 8.61. The number of hydrogen-bond acceptors (Lipinski definition) is 3. The van der Waals surface area contributed by atoms with Crippen LogP contribution in [-0.4, -0.2) is 18.4 Å². The normalized spacial score (nSPS) is 10.6. The van der Waals surface area contributed by atoms with E-state index in [0.29, 0.717) is 12.2 Å². The van der Waals surface area contributed by atoms with Crippen molar-refractivity contribution in [1.29, 1.82) is 0 Å². The van der Waals surface area contributed by atoms with Crippen LogP contribution in [0.4, 0.5) is 0 Å². The molecule has 0 saturated carbocycles. The lowest BCUT2D eigenvalue weighted by atomic mass is 10.0. The summed E-state index contributed by atoms with van der Waals surface area (Å²) in [6, 6.07) is 13.4. The summed E-state index contributed by atoms with van der Waals surface area (Å²) < 4.78 is 5.19. The van der Waals surface area contributed by atoms with Crippen LogP contribution in [0.1, 0.15) is 61.7 Å². The molecule has 0 radical (unpaired) electrons. The Bertz CT molecular complexity index is 733. The van der Waals surface area contributed by atoms with E-state index in [4.69, 9.17) is 4.74 Å². The first-order chi connectivity index (χ1) is 12.7. The highest BCUT2D eigenvalue weighted by Crippen LogP contribution is 2.17. The molecule has 2 aromatic carbocycles. The minimum atomic E-state index is -0.436. The third-order valence-corrected chi connectivity index (χ3v) is 4.44. The van der Waals surface area contributed by atoms with Gasteiger partial charge < -0.3 is 4.74 Å². The Labute approximate surface area is 156 Å². The van der Waals surface area contributed by atoms with Crippen LogP contribution < -0.4 is 0 Å². The summed E-state index contributed by atoms with van der Waals surface area (Å²) in [5, 5.41) is 2.08. The van der Waals surface area contributed by atoms with Gasteiger partial charge in [-0.05, 0) is 36.1 Å². The van der Waals surface area contributed by atoms with Crippen molar-refractivity contribution in [2.24, 2.45) is 0 Å². The summed E-state index contributed by atoms with van der Waals surface area (Å²) in [4.78, 5) is 24.1. The summed E-state index contributed by atoms with van der Waals surface area (Å²) in [7, 11) is 0. The van der Waals surface area contributed by atoms with Gasteiger partial charge in [0.1, 0.15) is 6.42 Å². The van der Waals surface area contributed by atoms with E-state index in [1.54, 1.807) is 6.07 Å². The Morgan fingerprint density at radius 3 is 2.35 bits per heavy atom. The second kappa shape index (κ2) is 11.2. The highest BCUT2D eigenvalue weighted by Gasteiger charge is 2.13. The zero-order valence-corrected chi connectivity index (χ0v) is 15.4. The number of esters is 1. The van der Waals surface area contributed by atoms with Gasteiger partial charge in [0.05, 0.1) is 6.61 Å². The fourth-order valence-corrected chi connectivity index (χ4v) is 2.93. The van der Waals surface area contributed by atoms with Gasteiger partial charge in [-0.25, -0.2) is 0 Å². The molecule has 0 atom stereocenters. The van der Waals surface area contributed by atoms with Gasteiger partial charge >= 0.3 is 5.97 Å². The zero-order valence-electron chi connectivity index (χ0n) is 15.4. The quantitative estimate of drug-likeness (QED) is 0.158. The minimum absolute atomic E-state index is 0.192. The highest BCUT2D eigenvalue weighted by atomic mass is 16.5. The van der Waals surface area contributed by atoms with Crippen molar-refractivity contribution in [2.75, 3.05) is 6.61 Å². The predicted octanol–water partition coefficient (Wildman–Crippen LogP) is 5.87. The average Bonchev–Trinajstić information content (AvgIpc) is 2.66. The Hall–Kier alpha value is -2.42. The maximum absolute atomic E-state index is 12.3. The lowest BCUT2D eigenvalue weighted by Crippen LogP contribution is -2.12. The van der Waals surface area contributed by atoms with E-state index in [-0.39, 0.29) is 12.2 Å². The Morgan fingerprint density at radius 1 is 0.885 bits per heavy atom. The highest BCUT2D eigenvalue weighted by molar-refractivity contribution is 6.07. The first-order valence-electron chi connectivity index (χ1n) is 9.49. The molecular formula is C23H28O3. The molecule has 2 rings (SSSR count). The van der Waals surface area contributed by atoms with Gasteiger partial charge in [-0.2, -0.15) is 0 Å². The van der Waals surface area contributed by atoms with Crippen molar-refractivity contribution in [3.05, 3.63) is 60.7 Å². The minimum Gasteiger partial charge on any atom is -0.465 e. The number of carbonyl (C=O) groups is 2. The van der Waals surface area contributed by atoms with Gasteiger partial charge in [-0.1, -0.05) is 68.2 Å². The third-order valence-electron chi connectivity index (χ3n) is 4.44. The Balaban J connectivity index is 1.64. The van der Waals surface area contributed by atoms with Gasteiger partial charge in [-0.3, -0.25) is 9.59 Å². The molecule has 3 heteroatoms. The van der Waals surface area contributed by atoms with Crippen molar-refractivity contribution in [1.82, 2.24) is 0 Å². The van der Waals surface area contributed by atoms with Crippen molar-refractivity contribution in [3.8, 4) is 0 Å². The SMILES string of the molecule is C=CCCCCCCCCOC(=O)CC(=O)c1ccc2ccccc2c1. The molecule has 0 spiro atoms. The van der Waals surface area contributed by atoms with Crippen LogP contribution >= 0.6 is 0 Å². The number of hydrogen-bond donors (Lipinski definition) is 0. The van der Waals surface area contributed by atoms with Crippen LogP contribution in [-0.2, 0) is 9.53 Å². The molecular weight excluding hydrogens is 324 g/mol.